The standard InChI is InChI=1S/C10H12BrFN2O2/c1-2-13-10(15)14-16-6-7-5-8(12)3-4-9(7)11/h3-5H,2,6H2,1H3,(H2,13,14,15). The van der Waals surface area contributed by atoms with Crippen LogP contribution in [0.3, 0.4) is 0 Å². The van der Waals surface area contributed by atoms with Crippen molar-refractivity contribution < 1.29 is 14.0 Å². The van der Waals surface area contributed by atoms with Crippen LogP contribution in [0.15, 0.2) is 22.7 Å². The van der Waals surface area contributed by atoms with Gasteiger partial charge in [-0.1, -0.05) is 15.9 Å². The van der Waals surface area contributed by atoms with Crippen molar-refractivity contribution in [1.82, 2.24) is 10.8 Å². The third-order valence-corrected chi connectivity index (χ3v) is 2.51. The molecule has 1 aromatic rings. The molecular formula is C10H12BrFN2O2. The maximum atomic E-state index is 12.9. The lowest BCUT2D eigenvalue weighted by Crippen LogP contribution is -2.35. The number of hydrogen-bond acceptors (Lipinski definition) is 2. The SMILES string of the molecule is CCNC(=O)NOCc1cc(F)ccc1Br. The Bertz CT molecular complexity index is 374. The highest BCUT2D eigenvalue weighted by molar-refractivity contribution is 9.10. The van der Waals surface area contributed by atoms with Gasteiger partial charge in [0.2, 0.25) is 0 Å². The Labute approximate surface area is 101 Å². The van der Waals surface area contributed by atoms with Crippen molar-refractivity contribution in [1.29, 1.82) is 0 Å². The first-order valence-electron chi connectivity index (χ1n) is 4.73. The van der Waals surface area contributed by atoms with Crippen LogP contribution < -0.4 is 10.8 Å². The van der Waals surface area contributed by atoms with E-state index in [1.807, 2.05) is 0 Å². The summed E-state index contributed by atoms with van der Waals surface area (Å²) in [4.78, 5) is 15.9. The highest BCUT2D eigenvalue weighted by Gasteiger charge is 2.03. The zero-order valence-corrected chi connectivity index (χ0v) is 10.3. The number of nitrogens with one attached hydrogen (secondary N) is 2. The van der Waals surface area contributed by atoms with Crippen LogP contribution in [0, 0.1) is 5.82 Å². The van der Waals surface area contributed by atoms with Crippen LogP contribution >= 0.6 is 15.9 Å². The molecule has 0 aliphatic heterocycles. The Morgan fingerprint density at radius 2 is 2.31 bits per heavy atom. The minimum atomic E-state index is -0.421. The number of hydroxylamine groups is 1. The Morgan fingerprint density at radius 1 is 1.56 bits per heavy atom. The van der Waals surface area contributed by atoms with Crippen molar-refractivity contribution in [2.24, 2.45) is 0 Å². The summed E-state index contributed by atoms with van der Waals surface area (Å²) < 4.78 is 13.6. The first kappa shape index (κ1) is 12.9. The van der Waals surface area contributed by atoms with Crippen LogP contribution in [0.25, 0.3) is 0 Å². The van der Waals surface area contributed by atoms with Crippen molar-refractivity contribution in [2.75, 3.05) is 6.54 Å². The molecule has 1 aromatic carbocycles. The van der Waals surface area contributed by atoms with E-state index in [1.165, 1.54) is 12.1 Å². The number of hydrogen-bond donors (Lipinski definition) is 2. The van der Waals surface area contributed by atoms with E-state index in [0.29, 0.717) is 12.1 Å². The van der Waals surface area contributed by atoms with Gasteiger partial charge in [0.25, 0.3) is 0 Å². The Kier molecular flexibility index (Phi) is 5.21. The van der Waals surface area contributed by atoms with E-state index >= 15 is 0 Å². The fraction of sp³-hybridized carbons (Fsp3) is 0.300. The number of urea groups is 1. The van der Waals surface area contributed by atoms with Crippen LogP contribution in [-0.2, 0) is 11.4 Å². The van der Waals surface area contributed by atoms with E-state index in [9.17, 15) is 9.18 Å². The number of benzene rings is 1. The molecule has 88 valence electrons. The molecule has 0 saturated carbocycles. The number of carbonyl (C=O) groups is 1. The molecule has 1 rings (SSSR count). The average Bonchev–Trinajstić information content (AvgIpc) is 2.23. The molecule has 0 unspecified atom stereocenters. The molecule has 0 bridgehead atoms. The summed E-state index contributed by atoms with van der Waals surface area (Å²) in [5, 5.41) is 2.50. The Balaban J connectivity index is 2.42. The second-order valence-electron chi connectivity index (χ2n) is 2.99. The third-order valence-electron chi connectivity index (χ3n) is 1.74. The van der Waals surface area contributed by atoms with Gasteiger partial charge < -0.3 is 5.32 Å². The molecular weight excluding hydrogens is 279 g/mol. The number of carbonyl (C=O) groups excluding carboxylic acids is 1. The summed E-state index contributed by atoms with van der Waals surface area (Å²) in [6, 6.07) is 3.84. The quantitative estimate of drug-likeness (QED) is 0.837. The lowest BCUT2D eigenvalue weighted by atomic mass is 10.2. The van der Waals surface area contributed by atoms with Gasteiger partial charge in [-0.2, -0.15) is 0 Å². The second-order valence-corrected chi connectivity index (χ2v) is 3.84. The van der Waals surface area contributed by atoms with Crippen molar-refractivity contribution in [3.63, 3.8) is 0 Å². The van der Waals surface area contributed by atoms with Gasteiger partial charge in [-0.05, 0) is 30.7 Å². The number of halogens is 2. The maximum Gasteiger partial charge on any atom is 0.338 e. The van der Waals surface area contributed by atoms with Crippen molar-refractivity contribution in [2.45, 2.75) is 13.5 Å². The molecule has 16 heavy (non-hydrogen) atoms. The second kappa shape index (κ2) is 6.44. The van der Waals surface area contributed by atoms with Crippen molar-refractivity contribution in [3.8, 4) is 0 Å². The number of amides is 2. The molecule has 0 fully saturated rings. The lowest BCUT2D eigenvalue weighted by molar-refractivity contribution is 0.0488. The smallest absolute Gasteiger partial charge is 0.337 e. The van der Waals surface area contributed by atoms with E-state index in [-0.39, 0.29) is 12.4 Å². The normalized spacial score (nSPS) is 9.94. The van der Waals surface area contributed by atoms with Crippen LogP contribution in [0.5, 0.6) is 0 Å². The number of rotatable bonds is 4. The predicted molar refractivity (Wildman–Crippen MR) is 61.1 cm³/mol. The van der Waals surface area contributed by atoms with Crippen LogP contribution in [-0.4, -0.2) is 12.6 Å². The molecule has 0 radical (unpaired) electrons. The summed E-state index contributed by atoms with van der Waals surface area (Å²) in [6.07, 6.45) is 0. The fourth-order valence-electron chi connectivity index (χ4n) is 1.03. The third kappa shape index (κ3) is 4.16. The highest BCUT2D eigenvalue weighted by Crippen LogP contribution is 2.18. The molecule has 2 amide bonds. The zero-order valence-electron chi connectivity index (χ0n) is 8.72. The van der Waals surface area contributed by atoms with Crippen LogP contribution in [0.4, 0.5) is 9.18 Å². The molecule has 0 spiro atoms. The molecule has 0 aliphatic rings. The van der Waals surface area contributed by atoms with E-state index in [1.54, 1.807) is 13.0 Å². The van der Waals surface area contributed by atoms with Gasteiger partial charge in [0.1, 0.15) is 12.4 Å². The summed E-state index contributed by atoms with van der Waals surface area (Å²) in [5.74, 6) is -0.347. The summed E-state index contributed by atoms with van der Waals surface area (Å²) in [6.45, 7) is 2.40. The summed E-state index contributed by atoms with van der Waals surface area (Å²) >= 11 is 3.25. The zero-order chi connectivity index (χ0) is 12.0. The summed E-state index contributed by atoms with van der Waals surface area (Å²) in [5.41, 5.74) is 2.81. The van der Waals surface area contributed by atoms with Gasteiger partial charge in [-0.15, -0.1) is 0 Å². The molecule has 2 N–H and O–H groups in total. The minimum absolute atomic E-state index is 0.0927. The van der Waals surface area contributed by atoms with Gasteiger partial charge >= 0.3 is 6.03 Å². The summed E-state index contributed by atoms with van der Waals surface area (Å²) in [7, 11) is 0. The van der Waals surface area contributed by atoms with Gasteiger partial charge in [0.05, 0.1) is 0 Å². The largest absolute Gasteiger partial charge is 0.338 e. The topological polar surface area (TPSA) is 50.4 Å². The van der Waals surface area contributed by atoms with Crippen molar-refractivity contribution in [3.05, 3.63) is 34.1 Å². The maximum absolute atomic E-state index is 12.9. The minimum Gasteiger partial charge on any atom is -0.337 e. The van der Waals surface area contributed by atoms with Crippen molar-refractivity contribution >= 4 is 22.0 Å². The molecule has 4 nitrogen and oxygen atoms in total. The lowest BCUT2D eigenvalue weighted by Gasteiger charge is -2.07. The molecule has 0 aromatic heterocycles. The van der Waals surface area contributed by atoms with E-state index in [0.717, 1.165) is 4.47 Å². The predicted octanol–water partition coefficient (Wildman–Crippen LogP) is 2.34. The Morgan fingerprint density at radius 3 is 3.00 bits per heavy atom. The Hall–Kier alpha value is -1.14. The first-order valence-corrected chi connectivity index (χ1v) is 5.52. The molecule has 0 saturated heterocycles. The molecule has 6 heteroatoms. The first-order chi connectivity index (χ1) is 7.63. The van der Waals surface area contributed by atoms with Crippen LogP contribution in [0.1, 0.15) is 12.5 Å². The fourth-order valence-corrected chi connectivity index (χ4v) is 1.39. The highest BCUT2D eigenvalue weighted by atomic mass is 79.9. The van der Waals surface area contributed by atoms with E-state index in [2.05, 4.69) is 26.7 Å². The monoisotopic (exact) mass is 290 g/mol. The van der Waals surface area contributed by atoms with Crippen LogP contribution in [0.2, 0.25) is 0 Å². The van der Waals surface area contributed by atoms with Gasteiger partial charge in [0.15, 0.2) is 0 Å². The molecule has 0 aliphatic carbocycles. The van der Waals surface area contributed by atoms with E-state index < -0.39 is 6.03 Å². The van der Waals surface area contributed by atoms with E-state index in [4.69, 9.17) is 4.84 Å². The molecule has 0 heterocycles. The van der Waals surface area contributed by atoms with Gasteiger partial charge in [-0.3, -0.25) is 4.84 Å². The molecule has 0 atom stereocenters. The van der Waals surface area contributed by atoms with Gasteiger partial charge in [-0.25, -0.2) is 14.7 Å². The average molecular weight is 291 g/mol. The van der Waals surface area contributed by atoms with Gasteiger partial charge in [0, 0.05) is 11.0 Å².